The molecule has 5 heteroatoms. The van der Waals surface area contributed by atoms with E-state index in [4.69, 9.17) is 0 Å². The normalized spacial score (nSPS) is 23.8. The summed E-state index contributed by atoms with van der Waals surface area (Å²) in [4.78, 5) is 29.3. The molecule has 2 heterocycles. The van der Waals surface area contributed by atoms with Crippen LogP contribution in [-0.2, 0) is 16.0 Å². The molecule has 1 N–H and O–H groups in total. The van der Waals surface area contributed by atoms with E-state index in [0.717, 1.165) is 63.8 Å². The third-order valence-electron chi connectivity index (χ3n) is 6.10. The van der Waals surface area contributed by atoms with Crippen molar-refractivity contribution in [1.29, 1.82) is 0 Å². The molecule has 1 saturated carbocycles. The summed E-state index contributed by atoms with van der Waals surface area (Å²) in [6.45, 7) is 2.99. The second-order valence-corrected chi connectivity index (χ2v) is 7.99. The molecule has 0 aromatic heterocycles. The van der Waals surface area contributed by atoms with Gasteiger partial charge in [0.2, 0.25) is 11.8 Å². The summed E-state index contributed by atoms with van der Waals surface area (Å²) in [7, 11) is 0. The summed E-state index contributed by atoms with van der Waals surface area (Å²) in [5.74, 6) is 0.638. The van der Waals surface area contributed by atoms with E-state index in [1.807, 2.05) is 17.0 Å². The third kappa shape index (κ3) is 3.78. The molecular formula is C21H29N3O2. The van der Waals surface area contributed by atoms with Crippen LogP contribution in [0.3, 0.4) is 0 Å². The van der Waals surface area contributed by atoms with E-state index in [-0.39, 0.29) is 23.8 Å². The van der Waals surface area contributed by atoms with E-state index in [1.54, 1.807) is 0 Å². The fraction of sp³-hybridized carbons (Fsp3) is 0.619. The van der Waals surface area contributed by atoms with Crippen LogP contribution in [0.5, 0.6) is 0 Å². The lowest BCUT2D eigenvalue weighted by Crippen LogP contribution is -2.52. The van der Waals surface area contributed by atoms with Crippen LogP contribution in [0.25, 0.3) is 0 Å². The molecule has 5 nitrogen and oxygen atoms in total. The number of para-hydroxylation sites is 1. The Bertz CT molecular complexity index is 671. The summed E-state index contributed by atoms with van der Waals surface area (Å²) in [5.41, 5.74) is 2.35. The van der Waals surface area contributed by atoms with Crippen molar-refractivity contribution in [3.8, 4) is 0 Å². The van der Waals surface area contributed by atoms with Crippen molar-refractivity contribution in [3.05, 3.63) is 29.8 Å². The Balaban J connectivity index is 1.33. The Morgan fingerprint density at radius 2 is 1.88 bits per heavy atom. The van der Waals surface area contributed by atoms with Crippen molar-refractivity contribution in [2.24, 2.45) is 5.92 Å². The van der Waals surface area contributed by atoms with Gasteiger partial charge in [0, 0.05) is 30.7 Å². The van der Waals surface area contributed by atoms with Crippen molar-refractivity contribution >= 4 is 17.5 Å². The Kier molecular flexibility index (Phi) is 5.25. The minimum atomic E-state index is 0.183. The first-order valence-corrected chi connectivity index (χ1v) is 10.1. The standard InChI is InChI=1S/C21H29N3O2/c25-20(24-13-4-9-16-6-1-2-11-19(16)24)15-23-12-5-10-18(14-23)22-21(26)17-7-3-8-17/h1-2,6,11,17-18H,3-5,7-10,12-15H2,(H,22,26). The number of carbonyl (C=O) groups is 2. The zero-order chi connectivity index (χ0) is 17.9. The minimum absolute atomic E-state index is 0.183. The number of hydrogen-bond acceptors (Lipinski definition) is 3. The van der Waals surface area contributed by atoms with Crippen LogP contribution in [0.2, 0.25) is 0 Å². The van der Waals surface area contributed by atoms with Crippen LogP contribution < -0.4 is 10.2 Å². The van der Waals surface area contributed by atoms with Crippen LogP contribution in [-0.4, -0.2) is 48.9 Å². The molecule has 1 saturated heterocycles. The highest BCUT2D eigenvalue weighted by Crippen LogP contribution is 2.28. The number of anilines is 1. The van der Waals surface area contributed by atoms with E-state index in [0.29, 0.717) is 6.54 Å². The number of carbonyl (C=O) groups excluding carboxylic acids is 2. The maximum absolute atomic E-state index is 12.9. The Morgan fingerprint density at radius 3 is 2.69 bits per heavy atom. The van der Waals surface area contributed by atoms with E-state index >= 15 is 0 Å². The molecule has 0 radical (unpaired) electrons. The SMILES string of the molecule is O=C(NC1CCCN(CC(=O)N2CCCc3ccccc32)C1)C1CCC1. The van der Waals surface area contributed by atoms with Crippen molar-refractivity contribution in [2.75, 3.05) is 31.1 Å². The van der Waals surface area contributed by atoms with Gasteiger partial charge in [-0.05, 0) is 56.7 Å². The highest BCUT2D eigenvalue weighted by Gasteiger charge is 2.30. The van der Waals surface area contributed by atoms with Crippen LogP contribution in [0.1, 0.15) is 44.1 Å². The van der Waals surface area contributed by atoms with Crippen molar-refractivity contribution in [3.63, 3.8) is 0 Å². The largest absolute Gasteiger partial charge is 0.352 e. The topological polar surface area (TPSA) is 52.7 Å². The van der Waals surface area contributed by atoms with Gasteiger partial charge in [-0.2, -0.15) is 0 Å². The number of benzene rings is 1. The number of nitrogens with one attached hydrogen (secondary N) is 1. The van der Waals surface area contributed by atoms with Crippen LogP contribution in [0, 0.1) is 5.92 Å². The summed E-state index contributed by atoms with van der Waals surface area (Å²) in [6, 6.07) is 8.44. The van der Waals surface area contributed by atoms with Gasteiger partial charge in [-0.15, -0.1) is 0 Å². The van der Waals surface area contributed by atoms with Crippen molar-refractivity contribution in [1.82, 2.24) is 10.2 Å². The van der Waals surface area contributed by atoms with Crippen molar-refractivity contribution in [2.45, 2.75) is 51.0 Å². The number of piperidine rings is 1. The first kappa shape index (κ1) is 17.5. The molecular weight excluding hydrogens is 326 g/mol. The molecule has 3 aliphatic rings. The lowest BCUT2D eigenvalue weighted by molar-refractivity contribution is -0.128. The van der Waals surface area contributed by atoms with Gasteiger partial charge in [-0.25, -0.2) is 0 Å². The smallest absolute Gasteiger partial charge is 0.241 e. The van der Waals surface area contributed by atoms with Gasteiger partial charge in [-0.1, -0.05) is 24.6 Å². The number of likely N-dealkylation sites (tertiary alicyclic amines) is 1. The van der Waals surface area contributed by atoms with E-state index in [2.05, 4.69) is 22.3 Å². The average molecular weight is 355 g/mol. The molecule has 1 aromatic carbocycles. The van der Waals surface area contributed by atoms with Gasteiger partial charge in [0.05, 0.1) is 6.54 Å². The fourth-order valence-corrected chi connectivity index (χ4v) is 4.38. The van der Waals surface area contributed by atoms with E-state index < -0.39 is 0 Å². The zero-order valence-electron chi connectivity index (χ0n) is 15.5. The fourth-order valence-electron chi connectivity index (χ4n) is 4.38. The van der Waals surface area contributed by atoms with Gasteiger partial charge in [0.15, 0.2) is 0 Å². The quantitative estimate of drug-likeness (QED) is 0.902. The van der Waals surface area contributed by atoms with Gasteiger partial charge in [0.1, 0.15) is 0 Å². The lowest BCUT2D eigenvalue weighted by atomic mass is 9.84. The monoisotopic (exact) mass is 355 g/mol. The molecule has 1 aliphatic carbocycles. The maximum Gasteiger partial charge on any atom is 0.241 e. The van der Waals surface area contributed by atoms with E-state index in [9.17, 15) is 9.59 Å². The van der Waals surface area contributed by atoms with Gasteiger partial charge in [0.25, 0.3) is 0 Å². The number of rotatable bonds is 4. The Morgan fingerprint density at radius 1 is 1.04 bits per heavy atom. The molecule has 1 unspecified atom stereocenters. The predicted octanol–water partition coefficient (Wildman–Crippen LogP) is 2.35. The molecule has 0 spiro atoms. The molecule has 140 valence electrons. The number of amides is 2. The highest BCUT2D eigenvalue weighted by molar-refractivity contribution is 5.96. The number of fused-ring (bicyclic) bond motifs is 1. The summed E-state index contributed by atoms with van der Waals surface area (Å²) in [6.07, 6.45) is 7.40. The first-order chi connectivity index (χ1) is 12.7. The molecule has 4 rings (SSSR count). The maximum atomic E-state index is 12.9. The Labute approximate surface area is 155 Å². The average Bonchev–Trinajstić information content (AvgIpc) is 2.60. The second kappa shape index (κ2) is 7.78. The molecule has 0 bridgehead atoms. The van der Waals surface area contributed by atoms with Gasteiger partial charge >= 0.3 is 0 Å². The van der Waals surface area contributed by atoms with Gasteiger partial charge in [-0.3, -0.25) is 14.5 Å². The summed E-state index contributed by atoms with van der Waals surface area (Å²) >= 11 is 0. The number of aryl methyl sites for hydroxylation is 1. The van der Waals surface area contributed by atoms with E-state index in [1.165, 1.54) is 12.0 Å². The summed E-state index contributed by atoms with van der Waals surface area (Å²) in [5, 5.41) is 3.21. The number of nitrogens with zero attached hydrogens (tertiary/aromatic N) is 2. The molecule has 26 heavy (non-hydrogen) atoms. The zero-order valence-corrected chi connectivity index (χ0v) is 15.5. The summed E-state index contributed by atoms with van der Waals surface area (Å²) < 4.78 is 0. The minimum Gasteiger partial charge on any atom is -0.352 e. The molecule has 1 atom stereocenters. The third-order valence-corrected chi connectivity index (χ3v) is 6.10. The van der Waals surface area contributed by atoms with Crippen LogP contribution in [0.4, 0.5) is 5.69 Å². The highest BCUT2D eigenvalue weighted by atomic mass is 16.2. The number of hydrogen-bond donors (Lipinski definition) is 1. The Hall–Kier alpha value is -1.88. The van der Waals surface area contributed by atoms with Crippen LogP contribution >= 0.6 is 0 Å². The van der Waals surface area contributed by atoms with Crippen molar-refractivity contribution < 1.29 is 9.59 Å². The molecule has 2 fully saturated rings. The molecule has 2 aliphatic heterocycles. The first-order valence-electron chi connectivity index (χ1n) is 10.1. The molecule has 2 amide bonds. The van der Waals surface area contributed by atoms with Crippen LogP contribution in [0.15, 0.2) is 24.3 Å². The molecule has 1 aromatic rings. The van der Waals surface area contributed by atoms with Gasteiger partial charge < -0.3 is 10.2 Å². The second-order valence-electron chi connectivity index (χ2n) is 7.99. The lowest BCUT2D eigenvalue weighted by Gasteiger charge is -2.36. The predicted molar refractivity (Wildman–Crippen MR) is 102 cm³/mol.